The predicted octanol–water partition coefficient (Wildman–Crippen LogP) is 5.14. The molecular weight excluding hydrogens is 510 g/mol. The van der Waals surface area contributed by atoms with E-state index < -0.39 is 0 Å². The van der Waals surface area contributed by atoms with Crippen molar-refractivity contribution in [2.75, 3.05) is 36.8 Å². The minimum absolute atomic E-state index is 0.0177. The molecule has 2 N–H and O–H groups in total. The summed E-state index contributed by atoms with van der Waals surface area (Å²) in [5, 5.41) is 6.79. The van der Waals surface area contributed by atoms with Gasteiger partial charge in [-0.2, -0.15) is 0 Å². The zero-order valence-electron chi connectivity index (χ0n) is 24.6. The first-order valence-electron chi connectivity index (χ1n) is 13.6. The average molecular weight is 554 g/mol. The summed E-state index contributed by atoms with van der Waals surface area (Å²) in [5.41, 5.74) is 2.86. The number of carbonyl (C=O) groups is 3. The van der Waals surface area contributed by atoms with E-state index in [1.54, 1.807) is 16.7 Å². The van der Waals surface area contributed by atoms with Crippen LogP contribution >= 0.6 is 11.3 Å². The Morgan fingerprint density at radius 1 is 0.949 bits per heavy atom. The van der Waals surface area contributed by atoms with Crippen molar-refractivity contribution >= 4 is 39.9 Å². The molecule has 1 atom stereocenters. The summed E-state index contributed by atoms with van der Waals surface area (Å²) in [4.78, 5) is 45.4. The van der Waals surface area contributed by atoms with Gasteiger partial charge in [0, 0.05) is 58.2 Å². The Bertz CT molecular complexity index is 1150. The molecule has 1 fully saturated rings. The molecule has 2 radical (unpaired) electrons. The van der Waals surface area contributed by atoms with Gasteiger partial charge in [-0.3, -0.25) is 14.4 Å². The smallest absolute Gasteiger partial charge is 0.266 e. The number of thiazole rings is 1. The van der Waals surface area contributed by atoms with E-state index in [2.05, 4.69) is 87.8 Å². The van der Waals surface area contributed by atoms with Gasteiger partial charge in [-0.05, 0) is 41.4 Å². The number of carbonyl (C=O) groups excluding carboxylic acids is 3. The maximum absolute atomic E-state index is 13.4. The Hall–Kier alpha value is -2.94. The van der Waals surface area contributed by atoms with Crippen LogP contribution in [0.15, 0.2) is 24.3 Å². The van der Waals surface area contributed by atoms with Crippen LogP contribution in [0.2, 0.25) is 0 Å². The summed E-state index contributed by atoms with van der Waals surface area (Å²) in [6.07, 6.45) is 4.96. The van der Waals surface area contributed by atoms with E-state index in [9.17, 15) is 14.4 Å². The van der Waals surface area contributed by atoms with Crippen molar-refractivity contribution in [2.24, 2.45) is 10.8 Å². The number of hydrogen-bond donors (Lipinski definition) is 2. The lowest BCUT2D eigenvalue weighted by Crippen LogP contribution is -2.50. The molecule has 212 valence electrons. The Morgan fingerprint density at radius 2 is 1.54 bits per heavy atom. The van der Waals surface area contributed by atoms with E-state index in [0.29, 0.717) is 54.7 Å². The van der Waals surface area contributed by atoms with Crippen LogP contribution in [0.1, 0.15) is 76.3 Å². The van der Waals surface area contributed by atoms with Gasteiger partial charge in [0.05, 0.1) is 5.69 Å². The lowest BCUT2D eigenvalue weighted by molar-refractivity contribution is -0.130. The van der Waals surface area contributed by atoms with Gasteiger partial charge in [-0.15, -0.1) is 0 Å². The van der Waals surface area contributed by atoms with Crippen molar-refractivity contribution in [1.29, 1.82) is 0 Å². The molecule has 8 nitrogen and oxygen atoms in total. The van der Waals surface area contributed by atoms with E-state index in [0.717, 1.165) is 11.3 Å². The van der Waals surface area contributed by atoms with Gasteiger partial charge in [0.15, 0.2) is 5.13 Å². The summed E-state index contributed by atoms with van der Waals surface area (Å²) >= 11 is 1.22. The van der Waals surface area contributed by atoms with Crippen molar-refractivity contribution in [3.8, 4) is 0 Å². The number of aromatic nitrogens is 1. The van der Waals surface area contributed by atoms with E-state index in [4.69, 9.17) is 0 Å². The molecule has 2 heterocycles. The normalized spacial score (nSPS) is 15.2. The minimum atomic E-state index is -0.220. The van der Waals surface area contributed by atoms with Gasteiger partial charge in [0.2, 0.25) is 11.8 Å². The molecule has 0 bridgehead atoms. The van der Waals surface area contributed by atoms with E-state index in [1.807, 2.05) is 0 Å². The van der Waals surface area contributed by atoms with Crippen molar-refractivity contribution in [2.45, 2.75) is 74.3 Å². The van der Waals surface area contributed by atoms with Gasteiger partial charge in [-0.25, -0.2) is 4.98 Å². The molecule has 9 heteroatoms. The number of benzene rings is 1. The lowest BCUT2D eigenvalue weighted by Gasteiger charge is -2.36. The van der Waals surface area contributed by atoms with E-state index in [-0.39, 0.29) is 34.6 Å². The van der Waals surface area contributed by atoms with Crippen LogP contribution in [0.25, 0.3) is 0 Å². The minimum Gasteiger partial charge on any atom is -0.381 e. The van der Waals surface area contributed by atoms with Crippen LogP contribution in [-0.4, -0.2) is 64.7 Å². The quantitative estimate of drug-likeness (QED) is 0.472. The molecule has 1 aliphatic heterocycles. The van der Waals surface area contributed by atoms with Crippen LogP contribution in [0, 0.1) is 17.3 Å². The first kappa shape index (κ1) is 30.6. The summed E-state index contributed by atoms with van der Waals surface area (Å²) in [5.74, 6) is -0.294. The van der Waals surface area contributed by atoms with Gasteiger partial charge < -0.3 is 20.4 Å². The fourth-order valence-corrected chi connectivity index (χ4v) is 5.39. The molecule has 1 aromatic heterocycles. The van der Waals surface area contributed by atoms with Gasteiger partial charge in [-0.1, -0.05) is 65.0 Å². The second kappa shape index (κ2) is 12.5. The van der Waals surface area contributed by atoms with Crippen LogP contribution in [0.5, 0.6) is 0 Å². The molecular formula is C30H43N5O3S. The number of rotatable bonds is 8. The first-order valence-corrected chi connectivity index (χ1v) is 14.4. The third-order valence-electron chi connectivity index (χ3n) is 6.55. The van der Waals surface area contributed by atoms with Crippen molar-refractivity contribution in [3.63, 3.8) is 0 Å². The lowest BCUT2D eigenvalue weighted by atomic mass is 9.77. The number of hydrogen-bond acceptors (Lipinski definition) is 6. The number of aryl methyl sites for hydroxylation is 2. The van der Waals surface area contributed by atoms with E-state index >= 15 is 0 Å². The largest absolute Gasteiger partial charge is 0.381 e. The van der Waals surface area contributed by atoms with Gasteiger partial charge >= 0.3 is 0 Å². The second-order valence-electron chi connectivity index (χ2n) is 12.3. The van der Waals surface area contributed by atoms with Crippen LogP contribution in [-0.2, 0) is 22.4 Å². The Kier molecular flexibility index (Phi) is 9.80. The zero-order valence-corrected chi connectivity index (χ0v) is 25.4. The molecule has 0 saturated carbocycles. The maximum atomic E-state index is 13.4. The molecule has 2 aromatic rings. The molecule has 1 aromatic carbocycles. The molecule has 0 spiro atoms. The molecule has 1 saturated heterocycles. The fraction of sp³-hybridized carbons (Fsp3) is 0.567. The monoisotopic (exact) mass is 553 g/mol. The highest BCUT2D eigenvalue weighted by Crippen LogP contribution is 2.32. The van der Waals surface area contributed by atoms with E-state index in [1.165, 1.54) is 18.3 Å². The molecule has 1 aliphatic rings. The molecule has 0 aliphatic carbocycles. The van der Waals surface area contributed by atoms with Crippen LogP contribution in [0.3, 0.4) is 0 Å². The Balaban J connectivity index is 1.70. The van der Waals surface area contributed by atoms with Gasteiger partial charge in [0.25, 0.3) is 5.91 Å². The van der Waals surface area contributed by atoms with Crippen molar-refractivity contribution < 1.29 is 14.4 Å². The van der Waals surface area contributed by atoms with Crippen molar-refractivity contribution in [1.82, 2.24) is 14.8 Å². The molecule has 3 amide bonds. The summed E-state index contributed by atoms with van der Waals surface area (Å²) in [6, 6.07) is 8.47. The number of amides is 3. The number of nitrogens with zero attached hydrogens (tertiary/aromatic N) is 3. The van der Waals surface area contributed by atoms with Crippen LogP contribution < -0.4 is 10.6 Å². The molecule has 39 heavy (non-hydrogen) atoms. The fourth-order valence-electron chi connectivity index (χ4n) is 4.36. The number of anilines is 2. The first-order chi connectivity index (χ1) is 18.1. The predicted molar refractivity (Wildman–Crippen MR) is 158 cm³/mol. The maximum Gasteiger partial charge on any atom is 0.266 e. The summed E-state index contributed by atoms with van der Waals surface area (Å²) in [7, 11) is 0. The second-order valence-corrected chi connectivity index (χ2v) is 13.3. The highest BCUT2D eigenvalue weighted by atomic mass is 32.1. The number of piperazine rings is 1. The summed E-state index contributed by atoms with van der Waals surface area (Å²) in [6.45, 7) is 18.1. The van der Waals surface area contributed by atoms with Crippen LogP contribution in [0.4, 0.5) is 10.8 Å². The standard InChI is InChI=1S/C30H43N5O3S/c1-20(36)31-28-33-24(26(39-28)27(38)35-17-15-34(16-18-35)21(2)37)14-11-22-9-12-23(13-10-22)32-25(30(6,7)8)19-29(3,4)5/h9-10,12-13,25,32H,11,14-18H2,1-8H3,(H,31,33,36). The number of nitrogens with one attached hydrogen (secondary N) is 2. The SMILES string of the molecule is CC(=O)Nc1nc(CCc2ccc(NC([C]C(C)(C)C)C(C)(C)C)cc2)c(C(=O)N2CCN(C(C)=O)CC2)s1. The zero-order chi connectivity index (χ0) is 29.0. The third kappa shape index (κ3) is 9.05. The molecule has 1 unspecified atom stereocenters. The topological polar surface area (TPSA) is 94.6 Å². The Morgan fingerprint density at radius 3 is 2.05 bits per heavy atom. The highest BCUT2D eigenvalue weighted by molar-refractivity contribution is 7.17. The van der Waals surface area contributed by atoms with Gasteiger partial charge in [0.1, 0.15) is 4.88 Å². The average Bonchev–Trinajstić information content (AvgIpc) is 3.23. The third-order valence-corrected chi connectivity index (χ3v) is 7.55. The highest BCUT2D eigenvalue weighted by Gasteiger charge is 2.30. The molecule has 3 rings (SSSR count). The van der Waals surface area contributed by atoms with Crippen molar-refractivity contribution in [3.05, 3.63) is 46.8 Å². The Labute approximate surface area is 237 Å². The summed E-state index contributed by atoms with van der Waals surface area (Å²) < 4.78 is 0.